The van der Waals surface area contributed by atoms with E-state index in [-0.39, 0.29) is 0 Å². The quantitative estimate of drug-likeness (QED) is 0.734. The zero-order valence-corrected chi connectivity index (χ0v) is 13.6. The fourth-order valence-electron chi connectivity index (χ4n) is 3.10. The van der Waals surface area contributed by atoms with Crippen LogP contribution in [0.4, 0.5) is 4.79 Å². The molecule has 3 atom stereocenters. The summed E-state index contributed by atoms with van der Waals surface area (Å²) in [6.07, 6.45) is -1.25. The molecule has 1 aromatic carbocycles. The summed E-state index contributed by atoms with van der Waals surface area (Å²) in [6, 6.07) is 5.44. The summed E-state index contributed by atoms with van der Waals surface area (Å²) < 4.78 is 23.3. The number of aliphatic hydroxyl groups is 1. The fraction of sp³-hybridized carbons (Fsp3) is 0.467. The van der Waals surface area contributed by atoms with Crippen LogP contribution in [0, 0.1) is 6.92 Å². The second-order valence-corrected chi connectivity index (χ2v) is 8.46. The molecule has 3 amide bonds. The molecule has 23 heavy (non-hydrogen) atoms. The third-order valence-electron chi connectivity index (χ3n) is 4.48. The molecule has 8 heteroatoms. The van der Waals surface area contributed by atoms with E-state index in [1.165, 1.54) is 0 Å². The van der Waals surface area contributed by atoms with Gasteiger partial charge in [-0.25, -0.2) is 13.2 Å². The van der Waals surface area contributed by atoms with Crippen LogP contribution in [0.5, 0.6) is 0 Å². The van der Waals surface area contributed by atoms with Crippen molar-refractivity contribution in [1.29, 1.82) is 0 Å². The molecule has 0 aromatic heterocycles. The highest BCUT2D eigenvalue weighted by atomic mass is 32.2. The SMILES string of the molecule is Cc1ccc([C@@]2(C)NC(=O)N([C@H]3CS(=O)(=O)C[C@@H]3O)C2=O)cc1. The average Bonchev–Trinajstić information content (AvgIpc) is 2.84. The lowest BCUT2D eigenvalue weighted by Crippen LogP contribution is -2.48. The Bertz CT molecular complexity index is 774. The third kappa shape index (κ3) is 2.51. The molecule has 7 nitrogen and oxygen atoms in total. The van der Waals surface area contributed by atoms with Crippen molar-refractivity contribution in [3.63, 3.8) is 0 Å². The van der Waals surface area contributed by atoms with Gasteiger partial charge in [0.25, 0.3) is 5.91 Å². The maximum atomic E-state index is 12.8. The number of benzene rings is 1. The number of urea groups is 1. The Balaban J connectivity index is 1.95. The molecule has 1 aromatic rings. The van der Waals surface area contributed by atoms with Gasteiger partial charge in [0, 0.05) is 0 Å². The Morgan fingerprint density at radius 2 is 1.83 bits per heavy atom. The minimum atomic E-state index is -3.46. The zero-order chi connectivity index (χ0) is 17.0. The van der Waals surface area contributed by atoms with Crippen LogP contribution in [-0.4, -0.2) is 54.0 Å². The first kappa shape index (κ1) is 15.9. The lowest BCUT2D eigenvalue weighted by molar-refractivity contribution is -0.133. The molecule has 2 heterocycles. The smallest absolute Gasteiger partial charge is 0.325 e. The van der Waals surface area contributed by atoms with Crippen molar-refractivity contribution in [3.05, 3.63) is 35.4 Å². The highest BCUT2D eigenvalue weighted by Gasteiger charge is 2.55. The largest absolute Gasteiger partial charge is 0.390 e. The third-order valence-corrected chi connectivity index (χ3v) is 6.18. The van der Waals surface area contributed by atoms with Gasteiger partial charge >= 0.3 is 6.03 Å². The van der Waals surface area contributed by atoms with Gasteiger partial charge in [0.2, 0.25) is 0 Å². The summed E-state index contributed by atoms with van der Waals surface area (Å²) in [6.45, 7) is 3.49. The molecule has 2 saturated heterocycles. The minimum absolute atomic E-state index is 0.405. The molecule has 0 aliphatic carbocycles. The zero-order valence-electron chi connectivity index (χ0n) is 12.8. The van der Waals surface area contributed by atoms with Crippen molar-refractivity contribution in [3.8, 4) is 0 Å². The van der Waals surface area contributed by atoms with Crippen LogP contribution in [0.2, 0.25) is 0 Å². The number of aliphatic hydroxyl groups excluding tert-OH is 1. The molecule has 2 N–H and O–H groups in total. The lowest BCUT2D eigenvalue weighted by atomic mass is 9.91. The van der Waals surface area contributed by atoms with Crippen molar-refractivity contribution in [1.82, 2.24) is 10.2 Å². The summed E-state index contributed by atoms with van der Waals surface area (Å²) in [5, 5.41) is 12.6. The standard InChI is InChI=1S/C15H18N2O5S/c1-9-3-5-10(6-4-9)15(2)13(19)17(14(20)16-15)11-7-23(21,22)8-12(11)18/h3-6,11-12,18H,7-8H2,1-2H3,(H,16,20)/t11-,12-,15+/m0/s1. The molecule has 0 bridgehead atoms. The summed E-state index contributed by atoms with van der Waals surface area (Å²) in [5.41, 5.74) is 0.360. The first-order valence-corrected chi connectivity index (χ1v) is 9.08. The van der Waals surface area contributed by atoms with Gasteiger partial charge in [0.05, 0.1) is 23.7 Å². The molecule has 0 saturated carbocycles. The number of hydrogen-bond donors (Lipinski definition) is 2. The van der Waals surface area contributed by atoms with E-state index in [1.54, 1.807) is 19.1 Å². The molecule has 0 unspecified atom stereocenters. The van der Waals surface area contributed by atoms with Crippen molar-refractivity contribution in [2.75, 3.05) is 11.5 Å². The van der Waals surface area contributed by atoms with Gasteiger partial charge in [-0.05, 0) is 19.4 Å². The number of carbonyl (C=O) groups is 2. The van der Waals surface area contributed by atoms with Gasteiger partial charge in [-0.3, -0.25) is 9.69 Å². The van der Waals surface area contributed by atoms with E-state index in [9.17, 15) is 23.1 Å². The number of amides is 3. The van der Waals surface area contributed by atoms with Gasteiger partial charge in [-0.2, -0.15) is 0 Å². The molecular formula is C15H18N2O5S. The fourth-order valence-corrected chi connectivity index (χ4v) is 4.87. The van der Waals surface area contributed by atoms with Crippen LogP contribution in [0.3, 0.4) is 0 Å². The predicted octanol–water partition coefficient (Wildman–Crippen LogP) is -0.0801. The summed E-state index contributed by atoms with van der Waals surface area (Å²) in [5.74, 6) is -1.39. The maximum Gasteiger partial charge on any atom is 0.325 e. The van der Waals surface area contributed by atoms with Gasteiger partial charge < -0.3 is 10.4 Å². The van der Waals surface area contributed by atoms with E-state index in [0.717, 1.165) is 10.5 Å². The summed E-state index contributed by atoms with van der Waals surface area (Å²) in [7, 11) is -3.46. The minimum Gasteiger partial charge on any atom is -0.390 e. The Kier molecular flexibility index (Phi) is 3.49. The number of aryl methyl sites for hydroxylation is 1. The van der Waals surface area contributed by atoms with Crippen molar-refractivity contribution in [2.45, 2.75) is 31.5 Å². The van der Waals surface area contributed by atoms with E-state index in [0.29, 0.717) is 5.56 Å². The van der Waals surface area contributed by atoms with Crippen molar-refractivity contribution < 1.29 is 23.1 Å². The summed E-state index contributed by atoms with van der Waals surface area (Å²) >= 11 is 0. The molecule has 2 aliphatic rings. The molecule has 3 rings (SSSR count). The molecule has 2 aliphatic heterocycles. The normalized spacial score (nSPS) is 33.1. The Labute approximate surface area is 134 Å². The van der Waals surface area contributed by atoms with E-state index < -0.39 is 51.0 Å². The van der Waals surface area contributed by atoms with Crippen LogP contribution in [-0.2, 0) is 20.2 Å². The van der Waals surface area contributed by atoms with Crippen LogP contribution < -0.4 is 5.32 Å². The van der Waals surface area contributed by atoms with Gasteiger partial charge in [-0.1, -0.05) is 29.8 Å². The molecule has 0 radical (unpaired) electrons. The monoisotopic (exact) mass is 338 g/mol. The van der Waals surface area contributed by atoms with Crippen LogP contribution in [0.15, 0.2) is 24.3 Å². The molecule has 2 fully saturated rings. The Hall–Kier alpha value is -1.93. The highest BCUT2D eigenvalue weighted by Crippen LogP contribution is 2.32. The van der Waals surface area contributed by atoms with E-state index in [2.05, 4.69) is 5.32 Å². The number of nitrogens with one attached hydrogen (secondary N) is 1. The van der Waals surface area contributed by atoms with E-state index in [1.807, 2.05) is 19.1 Å². The average molecular weight is 338 g/mol. The second kappa shape index (κ2) is 5.04. The molecular weight excluding hydrogens is 320 g/mol. The number of imide groups is 1. The first-order valence-electron chi connectivity index (χ1n) is 7.25. The number of sulfone groups is 1. The van der Waals surface area contributed by atoms with Crippen LogP contribution in [0.1, 0.15) is 18.1 Å². The van der Waals surface area contributed by atoms with Gasteiger partial charge in [0.15, 0.2) is 9.84 Å². The highest BCUT2D eigenvalue weighted by molar-refractivity contribution is 7.91. The van der Waals surface area contributed by atoms with Crippen LogP contribution in [0.25, 0.3) is 0 Å². The van der Waals surface area contributed by atoms with E-state index in [4.69, 9.17) is 0 Å². The summed E-state index contributed by atoms with van der Waals surface area (Å²) in [4.78, 5) is 25.9. The van der Waals surface area contributed by atoms with Crippen molar-refractivity contribution >= 4 is 21.8 Å². The Morgan fingerprint density at radius 3 is 2.35 bits per heavy atom. The topological polar surface area (TPSA) is 104 Å². The Morgan fingerprint density at radius 1 is 1.22 bits per heavy atom. The lowest BCUT2D eigenvalue weighted by Gasteiger charge is -2.25. The number of rotatable bonds is 2. The number of nitrogens with zero attached hydrogens (tertiary/aromatic N) is 1. The van der Waals surface area contributed by atoms with Gasteiger partial charge in [0.1, 0.15) is 5.54 Å². The number of hydrogen-bond acceptors (Lipinski definition) is 5. The molecule has 0 spiro atoms. The number of carbonyl (C=O) groups excluding carboxylic acids is 2. The maximum absolute atomic E-state index is 12.8. The second-order valence-electron chi connectivity index (χ2n) is 6.31. The van der Waals surface area contributed by atoms with E-state index >= 15 is 0 Å². The van der Waals surface area contributed by atoms with Crippen molar-refractivity contribution in [2.24, 2.45) is 0 Å². The first-order chi connectivity index (χ1) is 10.6. The predicted molar refractivity (Wildman–Crippen MR) is 82.4 cm³/mol. The molecule has 124 valence electrons. The van der Waals surface area contributed by atoms with Crippen LogP contribution >= 0.6 is 0 Å². The van der Waals surface area contributed by atoms with Gasteiger partial charge in [-0.15, -0.1) is 0 Å².